The Bertz CT molecular complexity index is 63.2. The average molecular weight is 84.8 g/mol. The Morgan fingerprint density at radius 3 is 2.83 bits per heavy atom. The third-order valence-electron chi connectivity index (χ3n) is 0.449. The van der Waals surface area contributed by atoms with Gasteiger partial charge in [0.15, 0.2) is 5.68 Å². The van der Waals surface area contributed by atoms with Crippen LogP contribution in [0.2, 0.25) is 0 Å². The molecular weight excluding hydrogens is 82.8 g/mol. The Morgan fingerprint density at radius 1 is 1.83 bits per heavy atom. The second kappa shape index (κ2) is 1.40. The molecule has 0 saturated carbocycles. The zero-order valence-electron chi connectivity index (χ0n) is 3.01. The maximum Gasteiger partial charge on any atom is 0.428 e. The van der Waals surface area contributed by atoms with Gasteiger partial charge in [0.2, 0.25) is 0 Å². The third kappa shape index (κ3) is 0.582. The van der Waals surface area contributed by atoms with E-state index >= 15 is 0 Å². The van der Waals surface area contributed by atoms with Crippen LogP contribution in [0.3, 0.4) is 0 Å². The predicted molar refractivity (Wildman–Crippen MR) is 17.8 cm³/mol. The van der Waals surface area contributed by atoms with Crippen molar-refractivity contribution in [2.75, 3.05) is 6.61 Å². The largest absolute Gasteiger partial charge is 0.428 e. The monoisotopic (exact) mass is 85.0 g/mol. The van der Waals surface area contributed by atoms with E-state index < -0.39 is 0 Å². The van der Waals surface area contributed by atoms with Crippen molar-refractivity contribution < 1.29 is 14.5 Å². The fraction of sp³-hybridized carbons (Fsp3) is 0.500. The van der Waals surface area contributed by atoms with Crippen LogP contribution in [-0.2, 0) is 14.5 Å². The molecule has 1 aliphatic heterocycles. The van der Waals surface area contributed by atoms with Gasteiger partial charge in [0.1, 0.15) is 6.61 Å². The number of rotatable bonds is 0. The summed E-state index contributed by atoms with van der Waals surface area (Å²) in [5.74, 6) is 0. The Hall–Kier alpha value is -0.345. The summed E-state index contributed by atoms with van der Waals surface area (Å²) in [6.45, 7) is 0.0694. The van der Waals surface area contributed by atoms with Crippen LogP contribution in [0, 0.1) is 0 Å². The lowest BCUT2D eigenvalue weighted by atomic mass is 9.96. The molecule has 0 aromatic carbocycles. The van der Waals surface area contributed by atoms with Crippen LogP contribution in [-0.4, -0.2) is 19.8 Å². The van der Waals surface area contributed by atoms with E-state index in [0.717, 1.165) is 7.48 Å². The molecule has 0 N–H and O–H groups in total. The molecule has 0 aromatic heterocycles. The molecular formula is C2H2BO3. The third-order valence-corrected chi connectivity index (χ3v) is 0.449. The number of carbonyl (C=O) groups is 1. The molecule has 1 rings (SSSR count). The van der Waals surface area contributed by atoms with Gasteiger partial charge in [0.25, 0.3) is 0 Å². The quantitative estimate of drug-likeness (QED) is 0.282. The van der Waals surface area contributed by atoms with Crippen LogP contribution in [0.25, 0.3) is 0 Å². The van der Waals surface area contributed by atoms with Crippen molar-refractivity contribution in [2.24, 2.45) is 0 Å². The topological polar surface area (TPSA) is 35.5 Å². The average Bonchev–Trinajstić information content (AvgIpc) is 1.86. The van der Waals surface area contributed by atoms with Crippen molar-refractivity contribution in [3.8, 4) is 0 Å². The lowest BCUT2D eigenvalue weighted by Gasteiger charge is -1.77. The summed E-state index contributed by atoms with van der Waals surface area (Å²) < 4.78 is 0. The lowest BCUT2D eigenvalue weighted by Crippen LogP contribution is -2.01. The van der Waals surface area contributed by atoms with Gasteiger partial charge in [-0.25, -0.2) is 4.89 Å². The van der Waals surface area contributed by atoms with Gasteiger partial charge < -0.3 is 4.79 Å². The van der Waals surface area contributed by atoms with Crippen molar-refractivity contribution in [3.63, 3.8) is 0 Å². The molecule has 0 spiro atoms. The molecule has 1 saturated heterocycles. The SMILES string of the molecule is O=C1[B]OOC1. The molecule has 0 amide bonds. The molecule has 31 valence electrons. The van der Waals surface area contributed by atoms with Crippen LogP contribution in [0.1, 0.15) is 0 Å². The van der Waals surface area contributed by atoms with Crippen LogP contribution in [0.4, 0.5) is 0 Å². The molecule has 0 atom stereocenters. The van der Waals surface area contributed by atoms with Crippen molar-refractivity contribution >= 4 is 13.2 Å². The van der Waals surface area contributed by atoms with Gasteiger partial charge in [-0.05, 0) is 0 Å². The zero-order chi connectivity index (χ0) is 4.41. The van der Waals surface area contributed by atoms with Gasteiger partial charge in [-0.1, -0.05) is 0 Å². The molecule has 0 aliphatic carbocycles. The minimum absolute atomic E-state index is 0.0694. The summed E-state index contributed by atoms with van der Waals surface area (Å²) in [5, 5.41) is 0. The first-order chi connectivity index (χ1) is 2.89. The van der Waals surface area contributed by atoms with Gasteiger partial charge in [-0.3, -0.25) is 4.81 Å². The second-order valence-corrected chi connectivity index (χ2v) is 0.943. The second-order valence-electron chi connectivity index (χ2n) is 0.943. The fourth-order valence-corrected chi connectivity index (χ4v) is 0.214. The van der Waals surface area contributed by atoms with E-state index in [1.807, 2.05) is 0 Å². The van der Waals surface area contributed by atoms with Crippen molar-refractivity contribution in [1.29, 1.82) is 0 Å². The number of hydrogen-bond acceptors (Lipinski definition) is 3. The highest BCUT2D eigenvalue weighted by Gasteiger charge is 2.14. The maximum absolute atomic E-state index is 9.94. The molecule has 0 bridgehead atoms. The molecule has 3 nitrogen and oxygen atoms in total. The standard InChI is InChI=1S/C2H2BO3/c4-2-1-5-6-3-2/h1H2. The van der Waals surface area contributed by atoms with Crippen molar-refractivity contribution in [1.82, 2.24) is 0 Å². The van der Waals surface area contributed by atoms with Crippen LogP contribution in [0.5, 0.6) is 0 Å². The zero-order valence-corrected chi connectivity index (χ0v) is 3.01. The van der Waals surface area contributed by atoms with Crippen LogP contribution < -0.4 is 0 Å². The lowest BCUT2D eigenvalue weighted by molar-refractivity contribution is -0.183. The first-order valence-electron chi connectivity index (χ1n) is 1.54. The van der Waals surface area contributed by atoms with Gasteiger partial charge in [-0.2, -0.15) is 0 Å². The molecule has 1 fully saturated rings. The van der Waals surface area contributed by atoms with E-state index in [9.17, 15) is 4.79 Å². The minimum Gasteiger partial charge on any atom is -0.305 e. The number of hydrogen-bond donors (Lipinski definition) is 0. The highest BCUT2D eigenvalue weighted by molar-refractivity contribution is 6.69. The molecule has 0 unspecified atom stereocenters. The number of carbonyl (C=O) groups excluding carboxylic acids is 1. The van der Waals surface area contributed by atoms with Crippen LogP contribution >= 0.6 is 0 Å². The normalized spacial score (nSPS) is 21.0. The molecule has 1 heterocycles. The molecule has 1 aliphatic rings. The Morgan fingerprint density at radius 2 is 2.67 bits per heavy atom. The summed E-state index contributed by atoms with van der Waals surface area (Å²) in [6, 6.07) is 0. The Labute approximate surface area is 35.4 Å². The molecule has 1 radical (unpaired) electrons. The summed E-state index contributed by atoms with van der Waals surface area (Å²) in [6.07, 6.45) is 0. The van der Waals surface area contributed by atoms with E-state index in [-0.39, 0.29) is 12.3 Å². The van der Waals surface area contributed by atoms with Gasteiger partial charge in [-0.15, -0.1) is 0 Å². The first-order valence-corrected chi connectivity index (χ1v) is 1.54. The highest BCUT2D eigenvalue weighted by Crippen LogP contribution is 1.86. The smallest absolute Gasteiger partial charge is 0.305 e. The fourth-order valence-electron chi connectivity index (χ4n) is 0.214. The van der Waals surface area contributed by atoms with E-state index in [1.165, 1.54) is 0 Å². The van der Waals surface area contributed by atoms with Crippen molar-refractivity contribution in [3.05, 3.63) is 0 Å². The first kappa shape index (κ1) is 3.83. The Kier molecular flexibility index (Phi) is 0.897. The van der Waals surface area contributed by atoms with E-state index in [4.69, 9.17) is 0 Å². The van der Waals surface area contributed by atoms with E-state index in [2.05, 4.69) is 9.69 Å². The maximum atomic E-state index is 9.94. The summed E-state index contributed by atoms with van der Waals surface area (Å²) in [4.78, 5) is 18.2. The summed E-state index contributed by atoms with van der Waals surface area (Å²) in [7, 11) is 1.04. The summed E-state index contributed by atoms with van der Waals surface area (Å²) in [5.41, 5.74) is -0.116. The van der Waals surface area contributed by atoms with E-state index in [0.29, 0.717) is 0 Å². The van der Waals surface area contributed by atoms with E-state index in [1.54, 1.807) is 0 Å². The van der Waals surface area contributed by atoms with Crippen LogP contribution in [0.15, 0.2) is 0 Å². The Balaban J connectivity index is 2.37. The van der Waals surface area contributed by atoms with Gasteiger partial charge in [0, 0.05) is 0 Å². The predicted octanol–water partition coefficient (Wildman–Crippen LogP) is -0.906. The van der Waals surface area contributed by atoms with Crippen molar-refractivity contribution in [2.45, 2.75) is 0 Å². The van der Waals surface area contributed by atoms with Gasteiger partial charge in [0.05, 0.1) is 0 Å². The summed E-state index contributed by atoms with van der Waals surface area (Å²) >= 11 is 0. The molecule has 6 heavy (non-hydrogen) atoms. The highest BCUT2D eigenvalue weighted by atomic mass is 17.2. The minimum atomic E-state index is -0.116. The molecule has 4 heteroatoms. The van der Waals surface area contributed by atoms with Gasteiger partial charge >= 0.3 is 7.48 Å². The molecule has 0 aromatic rings.